The van der Waals surface area contributed by atoms with Gasteiger partial charge in [0.15, 0.2) is 0 Å². The lowest BCUT2D eigenvalue weighted by molar-refractivity contribution is 0.291. The molecule has 0 radical (unpaired) electrons. The first-order valence-corrected chi connectivity index (χ1v) is 6.62. The van der Waals surface area contributed by atoms with Gasteiger partial charge in [0.2, 0.25) is 0 Å². The fraction of sp³-hybridized carbons (Fsp3) is 0.600. The lowest BCUT2D eigenvalue weighted by Crippen LogP contribution is -2.24. The van der Waals surface area contributed by atoms with Gasteiger partial charge in [-0.25, -0.2) is 0 Å². The Balaban J connectivity index is 1.62. The molecular weight excluding hydrogens is 194 g/mol. The number of nitrogens with one attached hydrogen (secondary N) is 1. The molecule has 1 aliphatic carbocycles. The van der Waals surface area contributed by atoms with Crippen LogP contribution in [0.15, 0.2) is 30.3 Å². The average Bonchev–Trinajstić information content (AvgIpc) is 2.27. The van der Waals surface area contributed by atoms with E-state index in [1.54, 1.807) is 0 Å². The van der Waals surface area contributed by atoms with E-state index in [2.05, 4.69) is 42.6 Å². The van der Waals surface area contributed by atoms with Crippen molar-refractivity contribution in [1.29, 1.82) is 0 Å². The van der Waals surface area contributed by atoms with Crippen molar-refractivity contribution in [3.05, 3.63) is 35.9 Å². The molecule has 0 aliphatic heterocycles. The van der Waals surface area contributed by atoms with Crippen LogP contribution in [0.25, 0.3) is 0 Å². The molecule has 0 heterocycles. The number of rotatable bonds is 6. The highest BCUT2D eigenvalue weighted by molar-refractivity contribution is 5.18. The normalized spacial score (nSPS) is 18.1. The van der Waals surface area contributed by atoms with Crippen LogP contribution in [0, 0.1) is 5.92 Å². The predicted molar refractivity (Wildman–Crippen MR) is 69.7 cm³/mol. The van der Waals surface area contributed by atoms with Crippen molar-refractivity contribution >= 4 is 0 Å². The van der Waals surface area contributed by atoms with Gasteiger partial charge in [0, 0.05) is 6.54 Å². The summed E-state index contributed by atoms with van der Waals surface area (Å²) in [6, 6.07) is 10.8. The van der Waals surface area contributed by atoms with Crippen molar-refractivity contribution in [2.24, 2.45) is 5.92 Å². The van der Waals surface area contributed by atoms with Gasteiger partial charge in [-0.2, -0.15) is 0 Å². The fourth-order valence-corrected chi connectivity index (χ4v) is 2.31. The second-order valence-corrected chi connectivity index (χ2v) is 5.10. The fourth-order valence-electron chi connectivity index (χ4n) is 2.31. The minimum absolute atomic E-state index is 0.627. The van der Waals surface area contributed by atoms with Crippen LogP contribution in [0.5, 0.6) is 0 Å². The maximum atomic E-state index is 3.58. The Hall–Kier alpha value is -0.820. The highest BCUT2D eigenvalue weighted by atomic mass is 14.9. The van der Waals surface area contributed by atoms with Gasteiger partial charge in [-0.05, 0) is 30.4 Å². The van der Waals surface area contributed by atoms with Gasteiger partial charge in [0.05, 0.1) is 0 Å². The zero-order chi connectivity index (χ0) is 11.2. The first-order valence-electron chi connectivity index (χ1n) is 6.62. The molecule has 1 aromatic carbocycles. The summed E-state index contributed by atoms with van der Waals surface area (Å²) in [6.07, 6.45) is 5.78. The van der Waals surface area contributed by atoms with Gasteiger partial charge >= 0.3 is 0 Å². The zero-order valence-electron chi connectivity index (χ0n) is 10.3. The largest absolute Gasteiger partial charge is 0.316 e. The van der Waals surface area contributed by atoms with Gasteiger partial charge in [0.1, 0.15) is 0 Å². The third kappa shape index (κ3) is 3.34. The molecule has 1 atom stereocenters. The van der Waals surface area contributed by atoms with E-state index in [1.807, 2.05) is 0 Å². The summed E-state index contributed by atoms with van der Waals surface area (Å²) < 4.78 is 0. The molecular formula is C15H23N. The average molecular weight is 217 g/mol. The van der Waals surface area contributed by atoms with Crippen molar-refractivity contribution < 1.29 is 0 Å². The van der Waals surface area contributed by atoms with Crippen LogP contribution >= 0.6 is 0 Å². The molecule has 1 N–H and O–H groups in total. The van der Waals surface area contributed by atoms with Crippen LogP contribution < -0.4 is 5.32 Å². The second-order valence-electron chi connectivity index (χ2n) is 5.10. The van der Waals surface area contributed by atoms with E-state index >= 15 is 0 Å². The van der Waals surface area contributed by atoms with Crippen LogP contribution in [0.3, 0.4) is 0 Å². The molecule has 1 heteroatoms. The summed E-state index contributed by atoms with van der Waals surface area (Å²) in [5.74, 6) is 1.65. The van der Waals surface area contributed by atoms with E-state index in [1.165, 1.54) is 37.8 Å². The smallest absolute Gasteiger partial charge is 0.00174 e. The van der Waals surface area contributed by atoms with Gasteiger partial charge < -0.3 is 5.32 Å². The second kappa shape index (κ2) is 6.05. The highest BCUT2D eigenvalue weighted by Gasteiger charge is 2.16. The lowest BCUT2D eigenvalue weighted by Gasteiger charge is -2.25. The van der Waals surface area contributed by atoms with Crippen molar-refractivity contribution in [2.45, 2.75) is 38.5 Å². The lowest BCUT2D eigenvalue weighted by atomic mass is 9.83. The zero-order valence-corrected chi connectivity index (χ0v) is 10.3. The summed E-state index contributed by atoms with van der Waals surface area (Å²) >= 11 is 0. The Kier molecular flexibility index (Phi) is 4.41. The van der Waals surface area contributed by atoms with Crippen LogP contribution in [-0.2, 0) is 0 Å². The summed E-state index contributed by atoms with van der Waals surface area (Å²) in [5, 5.41) is 3.58. The topological polar surface area (TPSA) is 12.0 Å². The highest BCUT2D eigenvalue weighted by Crippen LogP contribution is 2.28. The molecule has 1 aliphatic rings. The van der Waals surface area contributed by atoms with E-state index in [0.717, 1.165) is 12.5 Å². The molecule has 0 spiro atoms. The molecule has 2 rings (SSSR count). The number of hydrogen-bond acceptors (Lipinski definition) is 1. The van der Waals surface area contributed by atoms with Crippen LogP contribution in [0.1, 0.15) is 44.1 Å². The Morgan fingerprint density at radius 2 is 2.00 bits per heavy atom. The molecule has 1 fully saturated rings. The van der Waals surface area contributed by atoms with Crippen molar-refractivity contribution in [2.75, 3.05) is 13.1 Å². The van der Waals surface area contributed by atoms with Crippen LogP contribution in [-0.4, -0.2) is 13.1 Å². The van der Waals surface area contributed by atoms with E-state index in [-0.39, 0.29) is 0 Å². The summed E-state index contributed by atoms with van der Waals surface area (Å²) in [7, 11) is 0. The van der Waals surface area contributed by atoms with Crippen LogP contribution in [0.4, 0.5) is 0 Å². The predicted octanol–water partition coefficient (Wildman–Crippen LogP) is 3.57. The monoisotopic (exact) mass is 217 g/mol. The Labute approximate surface area is 99.3 Å². The van der Waals surface area contributed by atoms with E-state index in [9.17, 15) is 0 Å². The minimum Gasteiger partial charge on any atom is -0.316 e. The Morgan fingerprint density at radius 1 is 1.25 bits per heavy atom. The maximum absolute atomic E-state index is 3.58. The van der Waals surface area contributed by atoms with Crippen LogP contribution in [0.2, 0.25) is 0 Å². The molecule has 0 bridgehead atoms. The molecule has 1 unspecified atom stereocenters. The standard InChI is InChI=1S/C15H23N/c1-13(15-8-3-2-4-9-15)12-16-11-10-14-6-5-7-14/h2-4,8-9,13-14,16H,5-7,10-12H2,1H3. The molecule has 0 aromatic heterocycles. The van der Waals surface area contributed by atoms with E-state index < -0.39 is 0 Å². The molecule has 16 heavy (non-hydrogen) atoms. The van der Waals surface area contributed by atoms with Crippen molar-refractivity contribution in [1.82, 2.24) is 5.32 Å². The van der Waals surface area contributed by atoms with Gasteiger partial charge in [-0.3, -0.25) is 0 Å². The molecule has 0 saturated heterocycles. The molecule has 1 aromatic rings. The first kappa shape index (κ1) is 11.7. The van der Waals surface area contributed by atoms with Gasteiger partial charge in [-0.1, -0.05) is 56.5 Å². The quantitative estimate of drug-likeness (QED) is 0.718. The van der Waals surface area contributed by atoms with Crippen molar-refractivity contribution in [3.63, 3.8) is 0 Å². The van der Waals surface area contributed by atoms with Gasteiger partial charge in [-0.15, -0.1) is 0 Å². The summed E-state index contributed by atoms with van der Waals surface area (Å²) in [4.78, 5) is 0. The molecule has 1 saturated carbocycles. The number of benzene rings is 1. The van der Waals surface area contributed by atoms with E-state index in [4.69, 9.17) is 0 Å². The SMILES string of the molecule is CC(CNCCC1CCC1)c1ccccc1. The molecule has 1 nitrogen and oxygen atoms in total. The van der Waals surface area contributed by atoms with Gasteiger partial charge in [0.25, 0.3) is 0 Å². The molecule has 0 amide bonds. The molecule has 88 valence electrons. The van der Waals surface area contributed by atoms with E-state index in [0.29, 0.717) is 5.92 Å². The van der Waals surface area contributed by atoms with Crippen molar-refractivity contribution in [3.8, 4) is 0 Å². The summed E-state index contributed by atoms with van der Waals surface area (Å²) in [5.41, 5.74) is 1.44. The Morgan fingerprint density at radius 3 is 2.62 bits per heavy atom. The summed E-state index contributed by atoms with van der Waals surface area (Å²) in [6.45, 7) is 4.60. The Bertz CT molecular complexity index is 290. The first-order chi connectivity index (χ1) is 7.86. The number of hydrogen-bond donors (Lipinski definition) is 1. The minimum atomic E-state index is 0.627. The third-order valence-corrected chi connectivity index (χ3v) is 3.77. The maximum Gasteiger partial charge on any atom is 0.00174 e. The third-order valence-electron chi connectivity index (χ3n) is 3.77.